The summed E-state index contributed by atoms with van der Waals surface area (Å²) in [6.45, 7) is 0. The number of carbonyl (C=O) groups is 1. The molecule has 1 unspecified atom stereocenters. The fraction of sp³-hybridized carbons (Fsp3) is 0.300. The van der Waals surface area contributed by atoms with Crippen LogP contribution in [0, 0.1) is 5.82 Å². The molecular formula is C10H12FNO2. The van der Waals surface area contributed by atoms with Crippen LogP contribution in [-0.4, -0.2) is 11.0 Å². The third-order valence-corrected chi connectivity index (χ3v) is 1.90. The Hall–Kier alpha value is -1.42. The van der Waals surface area contributed by atoms with Gasteiger partial charge in [-0.15, -0.1) is 0 Å². The average molecular weight is 197 g/mol. The molecule has 0 aromatic heterocycles. The maximum Gasteiger partial charge on any atom is 0.217 e. The van der Waals surface area contributed by atoms with E-state index < -0.39 is 17.8 Å². The first-order valence-electron chi connectivity index (χ1n) is 4.31. The first-order chi connectivity index (χ1) is 6.59. The van der Waals surface area contributed by atoms with Crippen molar-refractivity contribution in [3.8, 4) is 0 Å². The Morgan fingerprint density at radius 1 is 1.57 bits per heavy atom. The Labute approximate surface area is 81.4 Å². The number of aliphatic hydroxyl groups excluding tert-OH is 1. The highest BCUT2D eigenvalue weighted by Gasteiger charge is 2.09. The smallest absolute Gasteiger partial charge is 0.217 e. The Bertz CT molecular complexity index is 328. The van der Waals surface area contributed by atoms with E-state index >= 15 is 0 Å². The zero-order valence-electron chi connectivity index (χ0n) is 7.61. The molecular weight excluding hydrogens is 185 g/mol. The number of primary amides is 1. The van der Waals surface area contributed by atoms with Crippen LogP contribution in [0.5, 0.6) is 0 Å². The quantitative estimate of drug-likeness (QED) is 0.759. The fourth-order valence-electron chi connectivity index (χ4n) is 1.16. The largest absolute Gasteiger partial charge is 0.388 e. The number of halogens is 1. The fourth-order valence-corrected chi connectivity index (χ4v) is 1.16. The SMILES string of the molecule is NC(=O)CCC(O)c1cccc(F)c1. The summed E-state index contributed by atoms with van der Waals surface area (Å²) in [5.41, 5.74) is 5.39. The van der Waals surface area contributed by atoms with Crippen molar-refractivity contribution in [2.75, 3.05) is 0 Å². The van der Waals surface area contributed by atoms with Crippen LogP contribution in [-0.2, 0) is 4.79 Å². The third kappa shape index (κ3) is 3.14. The third-order valence-electron chi connectivity index (χ3n) is 1.90. The molecule has 1 aromatic carbocycles. The second-order valence-corrected chi connectivity index (χ2v) is 3.08. The minimum Gasteiger partial charge on any atom is -0.388 e. The molecule has 0 radical (unpaired) electrons. The molecule has 3 nitrogen and oxygen atoms in total. The number of carbonyl (C=O) groups excluding carboxylic acids is 1. The van der Waals surface area contributed by atoms with Crippen molar-refractivity contribution in [2.24, 2.45) is 5.73 Å². The van der Waals surface area contributed by atoms with Gasteiger partial charge in [0, 0.05) is 6.42 Å². The van der Waals surface area contributed by atoms with E-state index in [4.69, 9.17) is 5.73 Å². The van der Waals surface area contributed by atoms with Crippen molar-refractivity contribution in [1.29, 1.82) is 0 Å². The van der Waals surface area contributed by atoms with E-state index in [0.717, 1.165) is 0 Å². The minimum atomic E-state index is -0.835. The molecule has 1 rings (SSSR count). The molecule has 0 saturated carbocycles. The molecule has 0 heterocycles. The highest BCUT2D eigenvalue weighted by Crippen LogP contribution is 2.18. The van der Waals surface area contributed by atoms with Gasteiger partial charge in [-0.2, -0.15) is 0 Å². The lowest BCUT2D eigenvalue weighted by atomic mass is 10.0. The van der Waals surface area contributed by atoms with Crippen molar-refractivity contribution >= 4 is 5.91 Å². The number of hydrogen-bond donors (Lipinski definition) is 2. The van der Waals surface area contributed by atoms with Crippen LogP contribution >= 0.6 is 0 Å². The van der Waals surface area contributed by atoms with E-state index in [1.165, 1.54) is 18.2 Å². The van der Waals surface area contributed by atoms with Gasteiger partial charge in [-0.05, 0) is 24.1 Å². The first kappa shape index (κ1) is 10.7. The molecule has 0 aliphatic carbocycles. The van der Waals surface area contributed by atoms with Gasteiger partial charge >= 0.3 is 0 Å². The summed E-state index contributed by atoms with van der Waals surface area (Å²) in [7, 11) is 0. The Morgan fingerprint density at radius 2 is 2.29 bits per heavy atom. The summed E-state index contributed by atoms with van der Waals surface area (Å²) < 4.78 is 12.7. The van der Waals surface area contributed by atoms with Crippen LogP contribution in [0.3, 0.4) is 0 Å². The van der Waals surface area contributed by atoms with Gasteiger partial charge in [0.1, 0.15) is 5.82 Å². The van der Waals surface area contributed by atoms with Crippen LogP contribution in [0.25, 0.3) is 0 Å². The normalized spacial score (nSPS) is 12.4. The lowest BCUT2D eigenvalue weighted by Crippen LogP contribution is -2.12. The highest BCUT2D eigenvalue weighted by molar-refractivity contribution is 5.73. The maximum atomic E-state index is 12.7. The van der Waals surface area contributed by atoms with Gasteiger partial charge in [0.25, 0.3) is 0 Å². The monoisotopic (exact) mass is 197 g/mol. The Balaban J connectivity index is 2.60. The van der Waals surface area contributed by atoms with Crippen molar-refractivity contribution in [3.63, 3.8) is 0 Å². The molecule has 0 fully saturated rings. The molecule has 76 valence electrons. The lowest BCUT2D eigenvalue weighted by Gasteiger charge is -2.09. The summed E-state index contributed by atoms with van der Waals surface area (Å²) in [6, 6.07) is 5.66. The van der Waals surface area contributed by atoms with Gasteiger partial charge in [-0.3, -0.25) is 4.79 Å². The summed E-state index contributed by atoms with van der Waals surface area (Å²) in [5.74, 6) is -0.874. The van der Waals surface area contributed by atoms with E-state index in [0.29, 0.717) is 5.56 Å². The number of hydrogen-bond acceptors (Lipinski definition) is 2. The second-order valence-electron chi connectivity index (χ2n) is 3.08. The molecule has 0 saturated heterocycles. The van der Waals surface area contributed by atoms with Crippen molar-refractivity contribution < 1.29 is 14.3 Å². The van der Waals surface area contributed by atoms with Crippen molar-refractivity contribution in [2.45, 2.75) is 18.9 Å². The zero-order valence-corrected chi connectivity index (χ0v) is 7.61. The van der Waals surface area contributed by atoms with Gasteiger partial charge in [0.2, 0.25) is 5.91 Å². The predicted molar refractivity (Wildman–Crippen MR) is 49.8 cm³/mol. The van der Waals surface area contributed by atoms with Crippen molar-refractivity contribution in [3.05, 3.63) is 35.6 Å². The number of aliphatic hydroxyl groups is 1. The molecule has 0 aliphatic rings. The molecule has 1 atom stereocenters. The average Bonchev–Trinajstić information content (AvgIpc) is 2.14. The van der Waals surface area contributed by atoms with Crippen LogP contribution in [0.15, 0.2) is 24.3 Å². The molecule has 1 amide bonds. The Morgan fingerprint density at radius 3 is 2.86 bits per heavy atom. The van der Waals surface area contributed by atoms with Gasteiger partial charge < -0.3 is 10.8 Å². The van der Waals surface area contributed by atoms with E-state index in [1.54, 1.807) is 6.07 Å². The molecule has 0 bridgehead atoms. The number of benzene rings is 1. The molecule has 14 heavy (non-hydrogen) atoms. The van der Waals surface area contributed by atoms with Crippen LogP contribution in [0.4, 0.5) is 4.39 Å². The molecule has 1 aromatic rings. The molecule has 3 N–H and O–H groups in total. The van der Waals surface area contributed by atoms with E-state index in [2.05, 4.69) is 0 Å². The van der Waals surface area contributed by atoms with Gasteiger partial charge in [0.05, 0.1) is 6.10 Å². The number of amides is 1. The summed E-state index contributed by atoms with van der Waals surface area (Å²) in [4.78, 5) is 10.4. The van der Waals surface area contributed by atoms with E-state index in [1.807, 2.05) is 0 Å². The zero-order chi connectivity index (χ0) is 10.6. The van der Waals surface area contributed by atoms with Crippen LogP contribution in [0.1, 0.15) is 24.5 Å². The van der Waals surface area contributed by atoms with Gasteiger partial charge in [0.15, 0.2) is 0 Å². The molecule has 0 spiro atoms. The van der Waals surface area contributed by atoms with E-state index in [9.17, 15) is 14.3 Å². The van der Waals surface area contributed by atoms with Gasteiger partial charge in [-0.25, -0.2) is 4.39 Å². The topological polar surface area (TPSA) is 63.3 Å². The number of nitrogens with two attached hydrogens (primary N) is 1. The summed E-state index contributed by atoms with van der Waals surface area (Å²) in [6.07, 6.45) is -0.519. The van der Waals surface area contributed by atoms with Gasteiger partial charge in [-0.1, -0.05) is 12.1 Å². The standard InChI is InChI=1S/C10H12FNO2/c11-8-3-1-2-7(6-8)9(13)4-5-10(12)14/h1-3,6,9,13H,4-5H2,(H2,12,14). The maximum absolute atomic E-state index is 12.7. The van der Waals surface area contributed by atoms with E-state index in [-0.39, 0.29) is 12.8 Å². The van der Waals surface area contributed by atoms with Crippen LogP contribution in [0.2, 0.25) is 0 Å². The molecule has 0 aliphatic heterocycles. The highest BCUT2D eigenvalue weighted by atomic mass is 19.1. The minimum absolute atomic E-state index is 0.0949. The first-order valence-corrected chi connectivity index (χ1v) is 4.31. The molecule has 4 heteroatoms. The predicted octanol–water partition coefficient (Wildman–Crippen LogP) is 1.12. The summed E-state index contributed by atoms with van der Waals surface area (Å²) >= 11 is 0. The lowest BCUT2D eigenvalue weighted by molar-refractivity contribution is -0.118. The Kier molecular flexibility index (Phi) is 3.59. The summed E-state index contributed by atoms with van der Waals surface area (Å²) in [5, 5.41) is 9.52. The van der Waals surface area contributed by atoms with Crippen LogP contribution < -0.4 is 5.73 Å². The second kappa shape index (κ2) is 4.72. The van der Waals surface area contributed by atoms with Crippen molar-refractivity contribution in [1.82, 2.24) is 0 Å². The number of rotatable bonds is 4.